The van der Waals surface area contributed by atoms with Gasteiger partial charge in [0.2, 0.25) is 0 Å². The maximum absolute atomic E-state index is 12.1. The number of carbonyl (C=O) groups excluding carboxylic acids is 2. The van der Waals surface area contributed by atoms with Crippen molar-refractivity contribution in [2.24, 2.45) is 0 Å². The van der Waals surface area contributed by atoms with Crippen molar-refractivity contribution in [3.8, 4) is 5.75 Å². The average molecular weight is 360 g/mol. The summed E-state index contributed by atoms with van der Waals surface area (Å²) in [5.41, 5.74) is 0.168. The molecule has 5 nitrogen and oxygen atoms in total. The highest BCUT2D eigenvalue weighted by molar-refractivity contribution is 6.37. The van der Waals surface area contributed by atoms with Crippen LogP contribution in [0.5, 0.6) is 5.75 Å². The Morgan fingerprint density at radius 3 is 2.30 bits per heavy atom. The van der Waals surface area contributed by atoms with Crippen molar-refractivity contribution in [1.29, 1.82) is 0 Å². The molecule has 23 heavy (non-hydrogen) atoms. The lowest BCUT2D eigenvalue weighted by atomic mass is 10.2. The number of nitrogens with one attached hydrogen (secondary N) is 1. The van der Waals surface area contributed by atoms with Crippen molar-refractivity contribution in [2.45, 2.75) is 44.8 Å². The molecule has 7 heteroatoms. The predicted octanol–water partition coefficient (Wildman–Crippen LogP) is 3.61. The summed E-state index contributed by atoms with van der Waals surface area (Å²) in [5, 5.41) is 3.30. The molecule has 0 saturated heterocycles. The first kappa shape index (κ1) is 17.9. The molecular formula is C16H19Cl2NO4. The van der Waals surface area contributed by atoms with Gasteiger partial charge in [-0.25, -0.2) is 4.79 Å². The second-order valence-corrected chi connectivity index (χ2v) is 6.33. The summed E-state index contributed by atoms with van der Waals surface area (Å²) in [5.74, 6) is -0.668. The largest absolute Gasteiger partial charge is 0.494 e. The van der Waals surface area contributed by atoms with Crippen LogP contribution in [0.25, 0.3) is 0 Å². The molecule has 2 rings (SSSR count). The molecule has 1 aliphatic carbocycles. The molecule has 1 aliphatic rings. The molecular weight excluding hydrogens is 341 g/mol. The first-order valence-electron chi connectivity index (χ1n) is 7.46. The van der Waals surface area contributed by atoms with Gasteiger partial charge in [-0.15, -0.1) is 0 Å². The minimum atomic E-state index is -0.886. The van der Waals surface area contributed by atoms with Crippen molar-refractivity contribution < 1.29 is 19.1 Å². The summed E-state index contributed by atoms with van der Waals surface area (Å²) >= 11 is 12.0. The summed E-state index contributed by atoms with van der Waals surface area (Å²) in [4.78, 5) is 24.2. The fraction of sp³-hybridized carbons (Fsp3) is 0.500. The van der Waals surface area contributed by atoms with Crippen LogP contribution < -0.4 is 10.1 Å². The Kier molecular flexibility index (Phi) is 6.13. The lowest BCUT2D eigenvalue weighted by Gasteiger charge is -2.17. The molecule has 1 amide bonds. The number of ether oxygens (including phenoxy) is 2. The molecule has 0 aliphatic heterocycles. The maximum Gasteiger partial charge on any atom is 0.339 e. The number of amides is 1. The molecule has 1 aromatic carbocycles. The summed E-state index contributed by atoms with van der Waals surface area (Å²) < 4.78 is 10.2. The van der Waals surface area contributed by atoms with Gasteiger partial charge in [0.15, 0.2) is 11.9 Å². The van der Waals surface area contributed by atoms with E-state index in [4.69, 9.17) is 32.7 Å². The highest BCUT2D eigenvalue weighted by atomic mass is 35.5. The Morgan fingerprint density at radius 1 is 1.22 bits per heavy atom. The van der Waals surface area contributed by atoms with E-state index in [0.29, 0.717) is 0 Å². The van der Waals surface area contributed by atoms with Gasteiger partial charge in [0, 0.05) is 6.04 Å². The van der Waals surface area contributed by atoms with Gasteiger partial charge in [0.05, 0.1) is 22.7 Å². The van der Waals surface area contributed by atoms with Gasteiger partial charge < -0.3 is 14.8 Å². The molecule has 1 fully saturated rings. The fourth-order valence-electron chi connectivity index (χ4n) is 2.54. The molecule has 1 aromatic rings. The maximum atomic E-state index is 12.1. The highest BCUT2D eigenvalue weighted by Crippen LogP contribution is 2.34. The van der Waals surface area contributed by atoms with Gasteiger partial charge in [0.1, 0.15) is 0 Å². The van der Waals surface area contributed by atoms with E-state index in [1.807, 2.05) is 0 Å². The topological polar surface area (TPSA) is 64.6 Å². The van der Waals surface area contributed by atoms with E-state index in [0.717, 1.165) is 25.7 Å². The first-order chi connectivity index (χ1) is 10.9. The van der Waals surface area contributed by atoms with E-state index in [-0.39, 0.29) is 33.3 Å². The number of rotatable bonds is 5. The van der Waals surface area contributed by atoms with Crippen molar-refractivity contribution >= 4 is 35.1 Å². The summed E-state index contributed by atoms with van der Waals surface area (Å²) in [6.07, 6.45) is 3.28. The Hall–Kier alpha value is -1.46. The van der Waals surface area contributed by atoms with Crippen molar-refractivity contribution in [1.82, 2.24) is 5.32 Å². The lowest BCUT2D eigenvalue weighted by molar-refractivity contribution is -0.129. The van der Waals surface area contributed by atoms with Crippen LogP contribution in [0.2, 0.25) is 10.0 Å². The Bertz CT molecular complexity index is 577. The summed E-state index contributed by atoms with van der Waals surface area (Å²) in [6.45, 7) is 1.54. The van der Waals surface area contributed by atoms with Crippen molar-refractivity contribution in [3.05, 3.63) is 27.7 Å². The van der Waals surface area contributed by atoms with E-state index >= 15 is 0 Å². The zero-order valence-corrected chi connectivity index (χ0v) is 14.5. The lowest BCUT2D eigenvalue weighted by Crippen LogP contribution is -2.40. The third-order valence-electron chi connectivity index (χ3n) is 3.79. The highest BCUT2D eigenvalue weighted by Gasteiger charge is 2.24. The number of halogens is 2. The molecule has 0 aromatic heterocycles. The third-order valence-corrected chi connectivity index (χ3v) is 4.35. The second kappa shape index (κ2) is 7.88. The minimum Gasteiger partial charge on any atom is -0.494 e. The number of methoxy groups -OCH3 is 1. The standard InChI is InChI=1S/C16H19Cl2NO4/c1-9(15(20)19-11-5-3-4-6-11)23-16(21)10-7-12(17)14(22-2)13(18)8-10/h7-9,11H,3-6H2,1-2H3,(H,19,20)/t9-/m1/s1. The van der Waals surface area contributed by atoms with Gasteiger partial charge >= 0.3 is 5.97 Å². The molecule has 0 spiro atoms. The smallest absolute Gasteiger partial charge is 0.339 e. The van der Waals surface area contributed by atoms with E-state index < -0.39 is 12.1 Å². The molecule has 0 heterocycles. The van der Waals surface area contributed by atoms with Gasteiger partial charge in [-0.1, -0.05) is 36.0 Å². The van der Waals surface area contributed by atoms with Crippen LogP contribution in [0.1, 0.15) is 43.0 Å². The Balaban J connectivity index is 1.99. The molecule has 1 saturated carbocycles. The predicted molar refractivity (Wildman–Crippen MR) is 88.3 cm³/mol. The third kappa shape index (κ3) is 4.52. The number of hydrogen-bond acceptors (Lipinski definition) is 4. The quantitative estimate of drug-likeness (QED) is 0.815. The summed E-state index contributed by atoms with van der Waals surface area (Å²) in [7, 11) is 1.43. The van der Waals surface area contributed by atoms with Crippen LogP contribution >= 0.6 is 23.2 Å². The molecule has 0 unspecified atom stereocenters. The Labute approximate surface area is 145 Å². The zero-order valence-electron chi connectivity index (χ0n) is 13.0. The number of benzene rings is 1. The van der Waals surface area contributed by atoms with Crippen LogP contribution in [-0.2, 0) is 9.53 Å². The number of esters is 1. The van der Waals surface area contributed by atoms with Crippen LogP contribution in [0, 0.1) is 0 Å². The Morgan fingerprint density at radius 2 is 1.78 bits per heavy atom. The molecule has 0 bridgehead atoms. The van der Waals surface area contributed by atoms with Gasteiger partial charge in [-0.05, 0) is 31.9 Å². The normalized spacial score (nSPS) is 16.0. The molecule has 1 atom stereocenters. The van der Waals surface area contributed by atoms with Gasteiger partial charge in [0.25, 0.3) is 5.91 Å². The SMILES string of the molecule is COc1c(Cl)cc(C(=O)O[C@H](C)C(=O)NC2CCCC2)cc1Cl. The van der Waals surface area contributed by atoms with Crippen molar-refractivity contribution in [2.75, 3.05) is 7.11 Å². The fourth-order valence-corrected chi connectivity index (χ4v) is 3.18. The molecule has 0 radical (unpaired) electrons. The average Bonchev–Trinajstić information content (AvgIpc) is 2.99. The van der Waals surface area contributed by atoms with E-state index in [9.17, 15) is 9.59 Å². The second-order valence-electron chi connectivity index (χ2n) is 5.51. The van der Waals surface area contributed by atoms with E-state index in [1.165, 1.54) is 26.2 Å². The first-order valence-corrected chi connectivity index (χ1v) is 8.22. The van der Waals surface area contributed by atoms with Crippen molar-refractivity contribution in [3.63, 3.8) is 0 Å². The van der Waals surface area contributed by atoms with E-state index in [2.05, 4.69) is 5.32 Å². The zero-order chi connectivity index (χ0) is 17.0. The monoisotopic (exact) mass is 359 g/mol. The van der Waals surface area contributed by atoms with Crippen LogP contribution in [-0.4, -0.2) is 31.1 Å². The number of hydrogen-bond donors (Lipinski definition) is 1. The van der Waals surface area contributed by atoms with Gasteiger partial charge in [-0.2, -0.15) is 0 Å². The molecule has 1 N–H and O–H groups in total. The molecule has 126 valence electrons. The van der Waals surface area contributed by atoms with Crippen LogP contribution in [0.4, 0.5) is 0 Å². The number of carbonyl (C=O) groups is 2. The minimum absolute atomic E-state index is 0.168. The van der Waals surface area contributed by atoms with Crippen LogP contribution in [0.15, 0.2) is 12.1 Å². The summed E-state index contributed by atoms with van der Waals surface area (Å²) in [6, 6.07) is 2.97. The van der Waals surface area contributed by atoms with Gasteiger partial charge in [-0.3, -0.25) is 4.79 Å². The van der Waals surface area contributed by atoms with E-state index in [1.54, 1.807) is 0 Å². The van der Waals surface area contributed by atoms with Crippen LogP contribution in [0.3, 0.4) is 0 Å².